The Morgan fingerprint density at radius 1 is 0.464 bits per heavy atom. The van der Waals surface area contributed by atoms with Gasteiger partial charge in [-0.2, -0.15) is 0 Å². The molecule has 0 radical (unpaired) electrons. The van der Waals surface area contributed by atoms with Gasteiger partial charge in [0.1, 0.15) is 0 Å². The van der Waals surface area contributed by atoms with Gasteiger partial charge in [0.15, 0.2) is 0 Å². The van der Waals surface area contributed by atoms with Crippen LogP contribution >= 0.6 is 0 Å². The summed E-state index contributed by atoms with van der Waals surface area (Å²) in [7, 11) is 0. The van der Waals surface area contributed by atoms with E-state index in [4.69, 9.17) is 0 Å². The van der Waals surface area contributed by atoms with E-state index in [2.05, 4.69) is 0 Å². The molecule has 0 amide bonds. The molecule has 0 spiro atoms. The van der Waals surface area contributed by atoms with Gasteiger partial charge in [-0.15, -0.1) is 0 Å². The van der Waals surface area contributed by atoms with Crippen molar-refractivity contribution < 1.29 is 20.3 Å². The number of nitrogens with zero attached hydrogens (tertiary/aromatic N) is 2. The van der Waals surface area contributed by atoms with E-state index in [1.165, 1.54) is 0 Å². The number of fused-ring (bicyclic) bond motifs is 1. The molecule has 6 heteroatoms. The summed E-state index contributed by atoms with van der Waals surface area (Å²) < 4.78 is 0. The van der Waals surface area contributed by atoms with Gasteiger partial charge in [-0.25, -0.2) is 10.4 Å². The lowest BCUT2D eigenvalue weighted by molar-refractivity contribution is -0.729. The lowest BCUT2D eigenvalue weighted by Gasteiger charge is -2.11. The molecule has 6 nitrogen and oxygen atoms in total. The van der Waals surface area contributed by atoms with E-state index in [0.29, 0.717) is 11.1 Å². The minimum Gasteiger partial charge on any atom is -0.241 e. The highest BCUT2D eigenvalue weighted by Crippen LogP contribution is 2.40. The highest BCUT2D eigenvalue weighted by atomic mass is 16.6. The van der Waals surface area contributed by atoms with Gasteiger partial charge in [-0.1, -0.05) is 60.7 Å². The maximum Gasteiger partial charge on any atom is 0.324 e. The van der Waals surface area contributed by atoms with Crippen LogP contribution in [0.2, 0.25) is 0 Å². The second-order valence-electron chi connectivity index (χ2n) is 6.29. The van der Waals surface area contributed by atoms with Crippen molar-refractivity contribution >= 4 is 22.1 Å². The number of rotatable bonds is 4. The zero-order valence-electron chi connectivity index (χ0n) is 14.7. The Morgan fingerprint density at radius 3 is 1.21 bits per heavy atom. The van der Waals surface area contributed by atoms with Gasteiger partial charge in [0, 0.05) is 12.1 Å². The van der Waals surface area contributed by atoms with Crippen LogP contribution in [0.25, 0.3) is 33.0 Å². The molecule has 0 fully saturated rings. The summed E-state index contributed by atoms with van der Waals surface area (Å²) in [6, 6.07) is 24.8. The average Bonchev–Trinajstić information content (AvgIpc) is 2.73. The molecule has 0 aliphatic carbocycles. The fourth-order valence-corrected chi connectivity index (χ4v) is 3.51. The molecule has 0 aromatic heterocycles. The van der Waals surface area contributed by atoms with Crippen molar-refractivity contribution in [2.24, 2.45) is 0 Å². The van der Waals surface area contributed by atoms with Crippen LogP contribution in [0.1, 0.15) is 0 Å². The van der Waals surface area contributed by atoms with Crippen LogP contribution in [0.5, 0.6) is 0 Å². The summed E-state index contributed by atoms with van der Waals surface area (Å²) in [5.74, 6) is 0. The Kier molecular flexibility index (Phi) is 4.29. The third kappa shape index (κ3) is 2.87. The van der Waals surface area contributed by atoms with Crippen LogP contribution in [0.4, 0.5) is 11.4 Å². The fourth-order valence-electron chi connectivity index (χ4n) is 3.51. The first-order chi connectivity index (χ1) is 13.6. The molecule has 0 saturated heterocycles. The van der Waals surface area contributed by atoms with Crippen LogP contribution in [-0.4, -0.2) is 20.3 Å². The van der Waals surface area contributed by atoms with Crippen molar-refractivity contribution in [2.45, 2.75) is 0 Å². The Labute approximate surface area is 160 Å². The number of hydrogen-bond acceptors (Lipinski definition) is 2. The average molecular weight is 372 g/mol. The quantitative estimate of drug-likeness (QED) is 0.445. The Hall–Kier alpha value is -4.06. The highest BCUT2D eigenvalue weighted by molar-refractivity contribution is 6.06. The zero-order chi connectivity index (χ0) is 19.7. The van der Waals surface area contributed by atoms with Crippen LogP contribution in [-0.2, 0) is 0 Å². The molecule has 0 unspecified atom stereocenters. The van der Waals surface area contributed by atoms with E-state index < -0.39 is 0 Å². The van der Waals surface area contributed by atoms with Crippen molar-refractivity contribution in [3.05, 3.63) is 94.7 Å². The molecule has 0 aliphatic rings. The maximum absolute atomic E-state index is 11.6. The minimum atomic E-state index is -0.144. The summed E-state index contributed by atoms with van der Waals surface area (Å²) in [5.41, 5.74) is 2.99. The standard InChI is InChI=1S/C22H16N2O4/c25-23(26)21-11-5-3-9-19(21)17-13-14-18(16-8-2-1-7-15(16)17)20-10-4-6-12-22(20)24(27)28/h1-14H,(H,25,26)(H,27,28)/q+2. The Balaban J connectivity index is 2.03. The molecular weight excluding hydrogens is 356 g/mol. The van der Waals surface area contributed by atoms with Crippen LogP contribution in [0.15, 0.2) is 84.9 Å². The predicted molar refractivity (Wildman–Crippen MR) is 105 cm³/mol. The predicted octanol–water partition coefficient (Wildman–Crippen LogP) is 5.77. The van der Waals surface area contributed by atoms with Gasteiger partial charge in [-0.05, 0) is 34.0 Å². The fraction of sp³-hybridized carbons (Fsp3) is 0. The number of benzene rings is 4. The topological polar surface area (TPSA) is 80.6 Å². The van der Waals surface area contributed by atoms with Crippen molar-refractivity contribution in [1.29, 1.82) is 0 Å². The Bertz CT molecular complexity index is 1140. The molecule has 136 valence electrons. The highest BCUT2D eigenvalue weighted by Gasteiger charge is 2.23. The van der Waals surface area contributed by atoms with E-state index in [9.17, 15) is 20.2 Å². The molecule has 0 atom stereocenters. The lowest BCUT2D eigenvalue weighted by atomic mass is 9.91. The SMILES string of the molecule is O=[N+](O)c1ccccc1-c1ccc(-c2ccccc2[N+](=O)O)c2ccccc12. The van der Waals surface area contributed by atoms with Crippen LogP contribution < -0.4 is 0 Å². The molecule has 4 aromatic rings. The molecule has 4 rings (SSSR count). The van der Waals surface area contributed by atoms with Crippen LogP contribution in [0, 0.1) is 9.81 Å². The summed E-state index contributed by atoms with van der Waals surface area (Å²) >= 11 is 0. The number of para-hydroxylation sites is 2. The largest absolute Gasteiger partial charge is 0.324 e. The van der Waals surface area contributed by atoms with E-state index >= 15 is 0 Å². The van der Waals surface area contributed by atoms with Crippen LogP contribution in [0.3, 0.4) is 0 Å². The van der Waals surface area contributed by atoms with Gasteiger partial charge in [0.2, 0.25) is 0 Å². The molecule has 0 bridgehead atoms. The molecule has 0 aliphatic heterocycles. The summed E-state index contributed by atoms with van der Waals surface area (Å²) in [5, 5.41) is 20.6. The van der Waals surface area contributed by atoms with Gasteiger partial charge >= 0.3 is 11.4 Å². The van der Waals surface area contributed by atoms with Crippen molar-refractivity contribution in [1.82, 2.24) is 0 Å². The second kappa shape index (κ2) is 6.92. The summed E-state index contributed by atoms with van der Waals surface area (Å²) in [6.45, 7) is 0. The Morgan fingerprint density at radius 2 is 0.821 bits per heavy atom. The van der Waals surface area contributed by atoms with E-state index in [-0.39, 0.29) is 21.2 Å². The molecule has 2 N–H and O–H groups in total. The maximum atomic E-state index is 11.6. The molecule has 0 saturated carbocycles. The molecule has 28 heavy (non-hydrogen) atoms. The minimum absolute atomic E-state index is 0.141. The summed E-state index contributed by atoms with van der Waals surface area (Å²) in [6.07, 6.45) is 0. The van der Waals surface area contributed by atoms with Gasteiger partial charge in [-0.3, -0.25) is 0 Å². The molecule has 0 heterocycles. The van der Waals surface area contributed by atoms with Crippen molar-refractivity contribution in [3.63, 3.8) is 0 Å². The zero-order valence-corrected chi connectivity index (χ0v) is 14.7. The second-order valence-corrected chi connectivity index (χ2v) is 6.29. The first kappa shape index (κ1) is 17.4. The van der Waals surface area contributed by atoms with Gasteiger partial charge in [0.25, 0.3) is 9.85 Å². The van der Waals surface area contributed by atoms with E-state index in [0.717, 1.165) is 21.9 Å². The summed E-state index contributed by atoms with van der Waals surface area (Å²) in [4.78, 5) is 22.9. The first-order valence-electron chi connectivity index (χ1n) is 8.61. The monoisotopic (exact) mass is 372 g/mol. The number of hydrogen-bond donors (Lipinski definition) is 2. The van der Waals surface area contributed by atoms with Gasteiger partial charge in [0.05, 0.1) is 20.9 Å². The van der Waals surface area contributed by atoms with Crippen molar-refractivity contribution in [3.8, 4) is 22.3 Å². The molecule has 4 aromatic carbocycles. The third-order valence-electron chi connectivity index (χ3n) is 4.72. The van der Waals surface area contributed by atoms with Crippen molar-refractivity contribution in [2.75, 3.05) is 0 Å². The van der Waals surface area contributed by atoms with E-state index in [1.807, 2.05) is 36.4 Å². The lowest BCUT2D eigenvalue weighted by Crippen LogP contribution is -1.97. The normalized spacial score (nSPS) is 10.7. The third-order valence-corrected chi connectivity index (χ3v) is 4.72. The molecular formula is C22H16N2O4+2. The van der Waals surface area contributed by atoms with E-state index in [1.54, 1.807) is 48.5 Å². The van der Waals surface area contributed by atoms with Gasteiger partial charge < -0.3 is 0 Å². The smallest absolute Gasteiger partial charge is 0.241 e. The first-order valence-corrected chi connectivity index (χ1v) is 8.61.